The molecule has 1 amide bonds. The summed E-state index contributed by atoms with van der Waals surface area (Å²) >= 11 is 0. The summed E-state index contributed by atoms with van der Waals surface area (Å²) in [7, 11) is 5.00. The Morgan fingerprint density at radius 2 is 2.14 bits per heavy atom. The minimum atomic E-state index is -0.0589. The van der Waals surface area contributed by atoms with E-state index >= 15 is 0 Å². The van der Waals surface area contributed by atoms with Gasteiger partial charge in [-0.15, -0.1) is 0 Å². The van der Waals surface area contributed by atoms with E-state index in [1.165, 1.54) is 0 Å². The number of hydrogen-bond acceptors (Lipinski definition) is 5. The third kappa shape index (κ3) is 5.09. The lowest BCUT2D eigenvalue weighted by atomic mass is 10.0. The lowest BCUT2D eigenvalue weighted by Crippen LogP contribution is -2.45. The molecule has 0 N–H and O–H groups in total. The van der Waals surface area contributed by atoms with Gasteiger partial charge in [-0.1, -0.05) is 12.0 Å². The fourth-order valence-corrected chi connectivity index (χ4v) is 3.82. The van der Waals surface area contributed by atoms with Crippen molar-refractivity contribution in [3.63, 3.8) is 0 Å². The number of unbranched alkanes of at least 4 members (excludes halogenated alkanes) is 1. The Morgan fingerprint density at radius 1 is 1.36 bits per heavy atom. The molecule has 28 heavy (non-hydrogen) atoms. The Balaban J connectivity index is 2.25. The molecule has 8 nitrogen and oxygen atoms in total. The van der Waals surface area contributed by atoms with E-state index in [0.29, 0.717) is 23.6 Å². The summed E-state index contributed by atoms with van der Waals surface area (Å²) in [6, 6.07) is 3.82. The second kappa shape index (κ2) is 10.8. The number of methoxy groups -OCH3 is 2. The van der Waals surface area contributed by atoms with Crippen LogP contribution in [0.25, 0.3) is 10.4 Å². The Bertz CT molecular complexity index is 718. The van der Waals surface area contributed by atoms with Crippen molar-refractivity contribution in [1.29, 1.82) is 0 Å². The smallest absolute Gasteiger partial charge is 0.258 e. The second-order valence-corrected chi connectivity index (χ2v) is 6.96. The standard InChI is InChI=1S/C20H31N5O3/c1-5-25-12-8-10-18(25)24(2)20(26)16-13-15(9-6-7-11-22-23-21)14-17(27-3)19(16)28-4/h13-14,18H,5-12H2,1-4H3/t18-/m1/s1. The van der Waals surface area contributed by atoms with Gasteiger partial charge in [0.05, 0.1) is 25.9 Å². The first-order valence-corrected chi connectivity index (χ1v) is 9.84. The SMILES string of the molecule is CCN1CCC[C@@H]1N(C)C(=O)c1cc(CCCCN=[N+]=[N-])cc(OC)c1OC. The average molecular weight is 390 g/mol. The molecule has 8 heteroatoms. The van der Waals surface area contributed by atoms with Crippen molar-refractivity contribution in [2.75, 3.05) is 40.9 Å². The average Bonchev–Trinajstić information content (AvgIpc) is 3.20. The number of hydrogen-bond donors (Lipinski definition) is 0. The molecular formula is C20H31N5O3. The molecule has 0 saturated carbocycles. The molecule has 0 radical (unpaired) electrons. The number of nitrogens with zero attached hydrogens (tertiary/aromatic N) is 5. The van der Waals surface area contributed by atoms with E-state index in [1.807, 2.05) is 24.1 Å². The molecule has 0 unspecified atom stereocenters. The highest BCUT2D eigenvalue weighted by Crippen LogP contribution is 2.35. The van der Waals surface area contributed by atoms with Crippen molar-refractivity contribution in [3.05, 3.63) is 33.7 Å². The predicted molar refractivity (Wildman–Crippen MR) is 109 cm³/mol. The van der Waals surface area contributed by atoms with Crippen LogP contribution in [-0.4, -0.2) is 62.8 Å². The highest BCUT2D eigenvalue weighted by molar-refractivity contribution is 5.98. The summed E-state index contributed by atoms with van der Waals surface area (Å²) < 4.78 is 11.0. The maximum absolute atomic E-state index is 13.3. The van der Waals surface area contributed by atoms with E-state index in [1.54, 1.807) is 14.2 Å². The van der Waals surface area contributed by atoms with Crippen LogP contribution in [0.2, 0.25) is 0 Å². The molecule has 154 valence electrons. The summed E-state index contributed by atoms with van der Waals surface area (Å²) in [5, 5.41) is 3.56. The van der Waals surface area contributed by atoms with Crippen LogP contribution in [0.1, 0.15) is 48.5 Å². The van der Waals surface area contributed by atoms with Gasteiger partial charge in [0, 0.05) is 25.0 Å². The van der Waals surface area contributed by atoms with Crippen LogP contribution in [0.3, 0.4) is 0 Å². The lowest BCUT2D eigenvalue weighted by molar-refractivity contribution is 0.0543. The molecular weight excluding hydrogens is 358 g/mol. The van der Waals surface area contributed by atoms with Crippen molar-refractivity contribution in [2.24, 2.45) is 5.11 Å². The largest absolute Gasteiger partial charge is 0.493 e. The zero-order valence-corrected chi connectivity index (χ0v) is 17.3. The van der Waals surface area contributed by atoms with Crippen LogP contribution in [0.15, 0.2) is 17.2 Å². The Morgan fingerprint density at radius 3 is 2.79 bits per heavy atom. The molecule has 0 spiro atoms. The van der Waals surface area contributed by atoms with Gasteiger partial charge in [0.25, 0.3) is 5.91 Å². The fraction of sp³-hybridized carbons (Fsp3) is 0.650. The van der Waals surface area contributed by atoms with Gasteiger partial charge in [0.2, 0.25) is 0 Å². The van der Waals surface area contributed by atoms with E-state index in [9.17, 15) is 4.79 Å². The normalized spacial score (nSPS) is 16.5. The number of azide groups is 1. The quantitative estimate of drug-likeness (QED) is 0.263. The summed E-state index contributed by atoms with van der Waals surface area (Å²) in [5.41, 5.74) is 9.90. The van der Waals surface area contributed by atoms with Crippen LogP contribution in [0.4, 0.5) is 0 Å². The molecule has 0 aromatic heterocycles. The summed E-state index contributed by atoms with van der Waals surface area (Å²) in [4.78, 5) is 20.2. The van der Waals surface area contributed by atoms with E-state index in [-0.39, 0.29) is 12.1 Å². The van der Waals surface area contributed by atoms with Gasteiger partial charge in [-0.2, -0.15) is 0 Å². The first kappa shape index (κ1) is 21.9. The van der Waals surface area contributed by atoms with Gasteiger partial charge < -0.3 is 14.4 Å². The van der Waals surface area contributed by atoms with Crippen molar-refractivity contribution >= 4 is 5.91 Å². The monoisotopic (exact) mass is 389 g/mol. The van der Waals surface area contributed by atoms with Crippen LogP contribution in [0.5, 0.6) is 11.5 Å². The number of amides is 1. The van der Waals surface area contributed by atoms with E-state index < -0.39 is 0 Å². The molecule has 1 aromatic carbocycles. The third-order valence-electron chi connectivity index (χ3n) is 5.31. The molecule has 1 aliphatic heterocycles. The Labute approximate surface area is 167 Å². The molecule has 1 atom stereocenters. The highest BCUT2D eigenvalue weighted by Gasteiger charge is 2.31. The molecule has 1 heterocycles. The van der Waals surface area contributed by atoms with Crippen LogP contribution in [-0.2, 0) is 6.42 Å². The number of rotatable bonds is 10. The van der Waals surface area contributed by atoms with Crippen LogP contribution in [0, 0.1) is 0 Å². The zero-order chi connectivity index (χ0) is 20.5. The minimum absolute atomic E-state index is 0.0589. The predicted octanol–water partition coefficient (Wildman–Crippen LogP) is 3.85. The Kier molecular flexibility index (Phi) is 8.42. The van der Waals surface area contributed by atoms with Crippen molar-refractivity contribution in [2.45, 2.75) is 45.2 Å². The van der Waals surface area contributed by atoms with Crippen LogP contribution < -0.4 is 9.47 Å². The van der Waals surface area contributed by atoms with Gasteiger partial charge in [-0.05, 0) is 61.9 Å². The van der Waals surface area contributed by atoms with Gasteiger partial charge in [0.15, 0.2) is 11.5 Å². The van der Waals surface area contributed by atoms with Crippen molar-refractivity contribution in [3.8, 4) is 11.5 Å². The third-order valence-corrected chi connectivity index (χ3v) is 5.31. The zero-order valence-electron chi connectivity index (χ0n) is 17.3. The fourth-order valence-electron chi connectivity index (χ4n) is 3.82. The molecule has 1 aliphatic rings. The van der Waals surface area contributed by atoms with E-state index in [4.69, 9.17) is 15.0 Å². The number of aryl methyl sites for hydroxylation is 1. The Hall–Kier alpha value is -2.44. The number of likely N-dealkylation sites (tertiary alicyclic amines) is 1. The van der Waals surface area contributed by atoms with Gasteiger partial charge in [-0.3, -0.25) is 9.69 Å². The number of carbonyl (C=O) groups excluding carboxylic acids is 1. The second-order valence-electron chi connectivity index (χ2n) is 6.96. The molecule has 0 aliphatic carbocycles. The van der Waals surface area contributed by atoms with E-state index in [0.717, 1.165) is 50.8 Å². The number of benzene rings is 1. The highest BCUT2D eigenvalue weighted by atomic mass is 16.5. The summed E-state index contributed by atoms with van der Waals surface area (Å²) in [5.74, 6) is 0.972. The number of carbonyl (C=O) groups is 1. The summed E-state index contributed by atoms with van der Waals surface area (Å²) in [6.07, 6.45) is 4.63. The maximum atomic E-state index is 13.3. The molecule has 2 rings (SSSR count). The molecule has 1 aromatic rings. The van der Waals surface area contributed by atoms with Crippen LogP contribution >= 0.6 is 0 Å². The number of ether oxygens (including phenoxy) is 2. The van der Waals surface area contributed by atoms with Crippen molar-refractivity contribution in [1.82, 2.24) is 9.80 Å². The van der Waals surface area contributed by atoms with E-state index in [2.05, 4.69) is 21.8 Å². The maximum Gasteiger partial charge on any atom is 0.258 e. The molecule has 0 bridgehead atoms. The molecule has 1 saturated heterocycles. The summed E-state index contributed by atoms with van der Waals surface area (Å²) in [6.45, 7) is 4.54. The topological polar surface area (TPSA) is 90.8 Å². The molecule has 1 fully saturated rings. The van der Waals surface area contributed by atoms with Gasteiger partial charge in [0.1, 0.15) is 0 Å². The van der Waals surface area contributed by atoms with Crippen molar-refractivity contribution < 1.29 is 14.3 Å². The lowest BCUT2D eigenvalue weighted by Gasteiger charge is -2.32. The first-order valence-electron chi connectivity index (χ1n) is 9.84. The first-order chi connectivity index (χ1) is 13.6. The van der Waals surface area contributed by atoms with Gasteiger partial charge in [-0.25, -0.2) is 0 Å². The van der Waals surface area contributed by atoms with Gasteiger partial charge >= 0.3 is 0 Å². The minimum Gasteiger partial charge on any atom is -0.493 e.